The Labute approximate surface area is 166 Å². The second-order valence-corrected chi connectivity index (χ2v) is 6.33. The lowest BCUT2D eigenvalue weighted by molar-refractivity contribution is -0.113. The average Bonchev–Trinajstić information content (AvgIpc) is 2.95. The van der Waals surface area contributed by atoms with Crippen molar-refractivity contribution in [2.75, 3.05) is 12.0 Å². The van der Waals surface area contributed by atoms with E-state index in [1.54, 1.807) is 12.1 Å². The third-order valence-electron chi connectivity index (χ3n) is 4.17. The molecule has 1 N–H and O–H groups in total. The zero-order chi connectivity index (χ0) is 20.3. The van der Waals surface area contributed by atoms with Crippen molar-refractivity contribution in [3.63, 3.8) is 0 Å². The molecule has 0 saturated carbocycles. The zero-order valence-electron chi connectivity index (χ0n) is 15.2. The lowest BCUT2D eigenvalue weighted by Crippen LogP contribution is -2.30. The number of hydrogen-bond acceptors (Lipinski definition) is 4. The number of halogens is 2. The van der Waals surface area contributed by atoms with Crippen LogP contribution in [0.3, 0.4) is 0 Å². The first-order valence-electron chi connectivity index (χ1n) is 8.52. The van der Waals surface area contributed by atoms with Gasteiger partial charge in [0.15, 0.2) is 16.6 Å². The van der Waals surface area contributed by atoms with Gasteiger partial charge < -0.3 is 14.8 Å². The van der Waals surface area contributed by atoms with E-state index in [0.717, 1.165) is 12.0 Å². The molecule has 3 rings (SSSR count). The highest BCUT2D eigenvalue weighted by Gasteiger charge is 2.32. The van der Waals surface area contributed by atoms with Crippen LogP contribution in [0.5, 0.6) is 11.5 Å². The predicted octanol–water partition coefficient (Wildman–Crippen LogP) is 4.12. The number of alkyl halides is 2. The van der Waals surface area contributed by atoms with E-state index in [1.165, 1.54) is 30.2 Å². The summed E-state index contributed by atoms with van der Waals surface area (Å²) in [5.74, 6) is -0.278. The van der Waals surface area contributed by atoms with Crippen LogP contribution in [0.2, 0.25) is 0 Å². The molecule has 1 fully saturated rings. The first-order valence-corrected chi connectivity index (χ1v) is 8.92. The number of carbonyl (C=O) groups excluding carboxylic acids is 1. The number of rotatable bonds is 6. The van der Waals surface area contributed by atoms with Crippen LogP contribution < -0.4 is 19.7 Å². The predicted molar refractivity (Wildman–Crippen MR) is 107 cm³/mol. The molecule has 28 heavy (non-hydrogen) atoms. The molecule has 2 aromatic carbocycles. The third-order valence-corrected chi connectivity index (χ3v) is 4.45. The Hall–Kier alpha value is -3.00. The van der Waals surface area contributed by atoms with Gasteiger partial charge in [0.25, 0.3) is 5.91 Å². The summed E-state index contributed by atoms with van der Waals surface area (Å²) >= 11 is 5.30. The van der Waals surface area contributed by atoms with Gasteiger partial charge in [-0.15, -0.1) is 0 Å². The van der Waals surface area contributed by atoms with Gasteiger partial charge in [-0.3, -0.25) is 9.69 Å². The maximum atomic E-state index is 12.8. The Balaban J connectivity index is 1.91. The zero-order valence-corrected chi connectivity index (χ0v) is 16.1. The summed E-state index contributed by atoms with van der Waals surface area (Å²) in [6.07, 6.45) is 2.35. The normalized spacial score (nSPS) is 15.3. The molecule has 1 aliphatic rings. The standard InChI is InChI=1S/C20H18F2N2O3S/c1-3-12-5-4-6-14(9-12)24-18(25)15(23-20(24)28)10-13-7-8-16(26-2)17(11-13)27-19(21)22/h4-11,19H,3H2,1-2H3,(H,23,28)/b15-10+. The van der Waals surface area contributed by atoms with Gasteiger partial charge in [-0.1, -0.05) is 25.1 Å². The minimum atomic E-state index is -2.99. The first-order chi connectivity index (χ1) is 13.4. The summed E-state index contributed by atoms with van der Waals surface area (Å²) in [6, 6.07) is 12.0. The van der Waals surface area contributed by atoms with E-state index in [-0.39, 0.29) is 28.2 Å². The van der Waals surface area contributed by atoms with Gasteiger partial charge >= 0.3 is 6.61 Å². The van der Waals surface area contributed by atoms with Crippen molar-refractivity contribution in [2.24, 2.45) is 0 Å². The molecule has 0 atom stereocenters. The lowest BCUT2D eigenvalue weighted by atomic mass is 10.1. The number of carbonyl (C=O) groups is 1. The van der Waals surface area contributed by atoms with Crippen LogP contribution in [0.15, 0.2) is 48.2 Å². The fourth-order valence-corrected chi connectivity index (χ4v) is 3.12. The number of amides is 1. The summed E-state index contributed by atoms with van der Waals surface area (Å²) in [7, 11) is 1.36. The molecule has 0 spiro atoms. The van der Waals surface area contributed by atoms with Crippen molar-refractivity contribution < 1.29 is 23.0 Å². The molecule has 0 aromatic heterocycles. The molecule has 5 nitrogen and oxygen atoms in total. The minimum Gasteiger partial charge on any atom is -0.493 e. The molecule has 0 aliphatic carbocycles. The molecule has 1 aliphatic heterocycles. The molecular formula is C20H18F2N2O3S. The van der Waals surface area contributed by atoms with Gasteiger partial charge in [0.1, 0.15) is 5.70 Å². The molecule has 8 heteroatoms. The van der Waals surface area contributed by atoms with Gasteiger partial charge in [-0.05, 0) is 60.1 Å². The van der Waals surface area contributed by atoms with Gasteiger partial charge in [-0.25, -0.2) is 0 Å². The summed E-state index contributed by atoms with van der Waals surface area (Å²) in [4.78, 5) is 14.2. The molecule has 1 heterocycles. The maximum Gasteiger partial charge on any atom is 0.387 e. The third kappa shape index (κ3) is 4.12. The van der Waals surface area contributed by atoms with Crippen LogP contribution in [0, 0.1) is 0 Å². The van der Waals surface area contributed by atoms with E-state index < -0.39 is 6.61 Å². The minimum absolute atomic E-state index is 0.118. The monoisotopic (exact) mass is 404 g/mol. The van der Waals surface area contributed by atoms with Crippen LogP contribution in [0.25, 0.3) is 6.08 Å². The number of hydrogen-bond donors (Lipinski definition) is 1. The van der Waals surface area contributed by atoms with Gasteiger partial charge in [0.05, 0.1) is 12.8 Å². The quantitative estimate of drug-likeness (QED) is 0.580. The van der Waals surface area contributed by atoms with E-state index in [9.17, 15) is 13.6 Å². The SMILES string of the molecule is CCc1cccc(N2C(=O)/C(=C\c3ccc(OC)c(OC(F)F)c3)NC2=S)c1. The Kier molecular flexibility index (Phi) is 5.89. The van der Waals surface area contributed by atoms with Crippen molar-refractivity contribution in [2.45, 2.75) is 20.0 Å². The molecule has 0 radical (unpaired) electrons. The number of methoxy groups -OCH3 is 1. The van der Waals surface area contributed by atoms with Crippen LogP contribution in [0.4, 0.5) is 14.5 Å². The Morgan fingerprint density at radius 3 is 2.68 bits per heavy atom. The van der Waals surface area contributed by atoms with E-state index in [2.05, 4.69) is 10.1 Å². The lowest BCUT2D eigenvalue weighted by Gasteiger charge is -2.14. The summed E-state index contributed by atoms with van der Waals surface area (Å²) < 4.78 is 34.7. The van der Waals surface area contributed by atoms with E-state index in [1.807, 2.05) is 25.1 Å². The molecule has 1 saturated heterocycles. The largest absolute Gasteiger partial charge is 0.493 e. The van der Waals surface area contributed by atoms with Crippen molar-refractivity contribution in [1.29, 1.82) is 0 Å². The number of nitrogens with one attached hydrogen (secondary N) is 1. The highest BCUT2D eigenvalue weighted by atomic mass is 32.1. The number of thiocarbonyl (C=S) groups is 1. The molecule has 1 amide bonds. The average molecular weight is 404 g/mol. The fourth-order valence-electron chi connectivity index (χ4n) is 2.82. The van der Waals surface area contributed by atoms with Gasteiger partial charge in [0, 0.05) is 0 Å². The molecule has 0 unspecified atom stereocenters. The number of aryl methyl sites for hydroxylation is 1. The Morgan fingerprint density at radius 1 is 1.21 bits per heavy atom. The number of anilines is 1. The highest BCUT2D eigenvalue weighted by Crippen LogP contribution is 2.31. The maximum absolute atomic E-state index is 12.8. The van der Waals surface area contributed by atoms with Crippen molar-refractivity contribution in [3.05, 3.63) is 59.3 Å². The molecular weight excluding hydrogens is 386 g/mol. The Morgan fingerprint density at radius 2 is 2.00 bits per heavy atom. The van der Waals surface area contributed by atoms with Crippen molar-refractivity contribution >= 4 is 35.0 Å². The van der Waals surface area contributed by atoms with Crippen LogP contribution in [-0.4, -0.2) is 24.7 Å². The first kappa shape index (κ1) is 19.8. The second kappa shape index (κ2) is 8.35. The van der Waals surface area contributed by atoms with Crippen LogP contribution in [-0.2, 0) is 11.2 Å². The number of ether oxygens (including phenoxy) is 2. The fraction of sp³-hybridized carbons (Fsp3) is 0.200. The van der Waals surface area contributed by atoms with E-state index in [4.69, 9.17) is 17.0 Å². The van der Waals surface area contributed by atoms with Gasteiger partial charge in [0.2, 0.25) is 0 Å². The molecule has 2 aromatic rings. The van der Waals surface area contributed by atoms with E-state index in [0.29, 0.717) is 11.3 Å². The van der Waals surface area contributed by atoms with Gasteiger partial charge in [-0.2, -0.15) is 8.78 Å². The number of benzene rings is 2. The molecule has 0 bridgehead atoms. The van der Waals surface area contributed by atoms with E-state index >= 15 is 0 Å². The Bertz CT molecular complexity index is 947. The van der Waals surface area contributed by atoms with Crippen LogP contribution >= 0.6 is 12.2 Å². The molecule has 146 valence electrons. The summed E-state index contributed by atoms with van der Waals surface area (Å²) in [5.41, 5.74) is 2.47. The second-order valence-electron chi connectivity index (χ2n) is 5.94. The highest BCUT2D eigenvalue weighted by molar-refractivity contribution is 7.80. The van der Waals surface area contributed by atoms with Crippen molar-refractivity contribution in [3.8, 4) is 11.5 Å². The summed E-state index contributed by atoms with van der Waals surface area (Å²) in [6.45, 7) is -0.966. The van der Waals surface area contributed by atoms with Crippen molar-refractivity contribution in [1.82, 2.24) is 5.32 Å². The smallest absolute Gasteiger partial charge is 0.387 e. The topological polar surface area (TPSA) is 50.8 Å². The number of nitrogens with zero attached hydrogens (tertiary/aromatic N) is 1. The van der Waals surface area contributed by atoms with Crippen LogP contribution in [0.1, 0.15) is 18.1 Å². The summed E-state index contributed by atoms with van der Waals surface area (Å²) in [5, 5.41) is 3.13.